The fourth-order valence-electron chi connectivity index (χ4n) is 1.76. The lowest BCUT2D eigenvalue weighted by molar-refractivity contribution is 0.0952. The summed E-state index contributed by atoms with van der Waals surface area (Å²) >= 11 is 0. The van der Waals surface area contributed by atoms with E-state index in [0.717, 1.165) is 25.7 Å². The van der Waals surface area contributed by atoms with E-state index in [-0.39, 0.29) is 5.78 Å². The zero-order valence-corrected chi connectivity index (χ0v) is 11.3. The number of rotatable bonds is 8. The zero-order chi connectivity index (χ0) is 13.4. The third-order valence-corrected chi connectivity index (χ3v) is 2.82. The Bertz CT molecular complexity index is 377. The molecule has 0 amide bonds. The van der Waals surface area contributed by atoms with Gasteiger partial charge in [0.1, 0.15) is 5.75 Å². The predicted molar refractivity (Wildman–Crippen MR) is 74.1 cm³/mol. The van der Waals surface area contributed by atoms with Crippen LogP contribution in [0, 0.1) is 0 Å². The molecule has 0 radical (unpaired) electrons. The second-order valence-corrected chi connectivity index (χ2v) is 4.46. The number of nitrogens with two attached hydrogens (primary N) is 1. The standard InChI is InChI=1S/C15H23NO2/c1-3-5-9-13(16)15(17)12-8-6-7-10-14(12)18-11-4-2/h6-8,10,13H,3-5,9,11,16H2,1-2H3. The van der Waals surface area contributed by atoms with Gasteiger partial charge in [-0.1, -0.05) is 38.8 Å². The van der Waals surface area contributed by atoms with Crippen molar-refractivity contribution < 1.29 is 9.53 Å². The second kappa shape index (κ2) is 7.88. The molecule has 1 rings (SSSR count). The fraction of sp³-hybridized carbons (Fsp3) is 0.533. The number of unbranched alkanes of at least 4 members (excludes halogenated alkanes) is 1. The molecule has 0 fully saturated rings. The molecule has 0 bridgehead atoms. The maximum Gasteiger partial charge on any atom is 0.183 e. The molecule has 3 nitrogen and oxygen atoms in total. The van der Waals surface area contributed by atoms with Crippen LogP contribution in [0.3, 0.4) is 0 Å². The Balaban J connectivity index is 2.77. The number of ketones is 1. The number of para-hydroxylation sites is 1. The van der Waals surface area contributed by atoms with Crippen LogP contribution in [-0.2, 0) is 0 Å². The summed E-state index contributed by atoms with van der Waals surface area (Å²) in [6.45, 7) is 4.75. The predicted octanol–water partition coefficient (Wildman–Crippen LogP) is 3.18. The Morgan fingerprint density at radius 1 is 1.28 bits per heavy atom. The van der Waals surface area contributed by atoms with Gasteiger partial charge < -0.3 is 10.5 Å². The molecule has 0 aliphatic heterocycles. The minimum absolute atomic E-state index is 0.0184. The van der Waals surface area contributed by atoms with Crippen LogP contribution < -0.4 is 10.5 Å². The van der Waals surface area contributed by atoms with Crippen molar-refractivity contribution >= 4 is 5.78 Å². The molecule has 18 heavy (non-hydrogen) atoms. The van der Waals surface area contributed by atoms with Gasteiger partial charge in [-0.05, 0) is 25.0 Å². The summed E-state index contributed by atoms with van der Waals surface area (Å²) in [6.07, 6.45) is 3.68. The molecular weight excluding hydrogens is 226 g/mol. The van der Waals surface area contributed by atoms with Crippen LogP contribution in [0.25, 0.3) is 0 Å². The minimum Gasteiger partial charge on any atom is -0.493 e. The topological polar surface area (TPSA) is 52.3 Å². The highest BCUT2D eigenvalue weighted by Crippen LogP contribution is 2.20. The number of Topliss-reactive ketones (excluding diaryl/α,β-unsaturated/α-hetero) is 1. The van der Waals surface area contributed by atoms with Gasteiger partial charge in [-0.2, -0.15) is 0 Å². The first-order valence-corrected chi connectivity index (χ1v) is 6.72. The molecule has 0 saturated heterocycles. The molecular formula is C15H23NO2. The van der Waals surface area contributed by atoms with Crippen LogP contribution in [0.4, 0.5) is 0 Å². The Labute approximate surface area is 109 Å². The van der Waals surface area contributed by atoms with Gasteiger partial charge in [-0.15, -0.1) is 0 Å². The lowest BCUT2D eigenvalue weighted by atomic mass is 9.99. The van der Waals surface area contributed by atoms with Crippen molar-refractivity contribution in [1.82, 2.24) is 0 Å². The van der Waals surface area contributed by atoms with E-state index >= 15 is 0 Å². The first-order chi connectivity index (χ1) is 8.70. The lowest BCUT2D eigenvalue weighted by Crippen LogP contribution is -2.30. The van der Waals surface area contributed by atoms with Gasteiger partial charge in [0, 0.05) is 0 Å². The SMILES string of the molecule is CCCCC(N)C(=O)c1ccccc1OCCC. The minimum atomic E-state index is -0.420. The smallest absolute Gasteiger partial charge is 0.183 e. The summed E-state index contributed by atoms with van der Waals surface area (Å²) in [5.41, 5.74) is 6.53. The quantitative estimate of drug-likeness (QED) is 0.720. The fourth-order valence-corrected chi connectivity index (χ4v) is 1.76. The van der Waals surface area contributed by atoms with E-state index in [4.69, 9.17) is 10.5 Å². The summed E-state index contributed by atoms with van der Waals surface area (Å²) in [5.74, 6) is 0.631. The van der Waals surface area contributed by atoms with E-state index in [1.54, 1.807) is 6.07 Å². The average Bonchev–Trinajstić information content (AvgIpc) is 2.42. The Morgan fingerprint density at radius 2 is 2.00 bits per heavy atom. The highest BCUT2D eigenvalue weighted by Gasteiger charge is 2.18. The van der Waals surface area contributed by atoms with Gasteiger partial charge in [-0.25, -0.2) is 0 Å². The van der Waals surface area contributed by atoms with E-state index < -0.39 is 6.04 Å². The number of hydrogen-bond donors (Lipinski definition) is 1. The van der Waals surface area contributed by atoms with Crippen molar-refractivity contribution in [3.63, 3.8) is 0 Å². The maximum absolute atomic E-state index is 12.2. The van der Waals surface area contributed by atoms with Crippen LogP contribution in [-0.4, -0.2) is 18.4 Å². The van der Waals surface area contributed by atoms with E-state index in [2.05, 4.69) is 6.92 Å². The highest BCUT2D eigenvalue weighted by molar-refractivity contribution is 6.02. The van der Waals surface area contributed by atoms with Crippen molar-refractivity contribution in [2.24, 2.45) is 5.73 Å². The number of benzene rings is 1. The molecule has 0 aliphatic carbocycles. The number of carbonyl (C=O) groups excluding carboxylic acids is 1. The maximum atomic E-state index is 12.2. The Hall–Kier alpha value is -1.35. The molecule has 1 unspecified atom stereocenters. The number of hydrogen-bond acceptors (Lipinski definition) is 3. The van der Waals surface area contributed by atoms with Gasteiger partial charge in [-0.3, -0.25) is 4.79 Å². The average molecular weight is 249 g/mol. The summed E-state index contributed by atoms with van der Waals surface area (Å²) in [5, 5.41) is 0. The highest BCUT2D eigenvalue weighted by atomic mass is 16.5. The monoisotopic (exact) mass is 249 g/mol. The van der Waals surface area contributed by atoms with Gasteiger partial charge >= 0.3 is 0 Å². The molecule has 1 aromatic carbocycles. The molecule has 1 atom stereocenters. The molecule has 0 aromatic heterocycles. The third kappa shape index (κ3) is 4.15. The summed E-state index contributed by atoms with van der Waals surface area (Å²) in [6, 6.07) is 6.92. The normalized spacial score (nSPS) is 12.2. The summed E-state index contributed by atoms with van der Waals surface area (Å²) in [4.78, 5) is 12.2. The largest absolute Gasteiger partial charge is 0.493 e. The summed E-state index contributed by atoms with van der Waals surface area (Å²) in [7, 11) is 0. The first-order valence-electron chi connectivity index (χ1n) is 6.72. The van der Waals surface area contributed by atoms with Crippen LogP contribution in [0.5, 0.6) is 5.75 Å². The van der Waals surface area contributed by atoms with Gasteiger partial charge in [0.2, 0.25) is 0 Å². The van der Waals surface area contributed by atoms with Crippen LogP contribution in [0.1, 0.15) is 49.9 Å². The van der Waals surface area contributed by atoms with E-state index in [1.165, 1.54) is 0 Å². The van der Waals surface area contributed by atoms with Gasteiger partial charge in [0.15, 0.2) is 5.78 Å². The van der Waals surface area contributed by atoms with Crippen LogP contribution in [0.2, 0.25) is 0 Å². The molecule has 0 aliphatic rings. The molecule has 0 heterocycles. The first kappa shape index (κ1) is 14.7. The Kier molecular flexibility index (Phi) is 6.44. The zero-order valence-electron chi connectivity index (χ0n) is 11.3. The van der Waals surface area contributed by atoms with E-state index in [1.807, 2.05) is 25.1 Å². The van der Waals surface area contributed by atoms with Crippen LogP contribution in [0.15, 0.2) is 24.3 Å². The van der Waals surface area contributed by atoms with Gasteiger partial charge in [0.05, 0.1) is 18.2 Å². The second-order valence-electron chi connectivity index (χ2n) is 4.46. The van der Waals surface area contributed by atoms with E-state index in [9.17, 15) is 4.79 Å². The summed E-state index contributed by atoms with van der Waals surface area (Å²) < 4.78 is 5.59. The number of carbonyl (C=O) groups is 1. The molecule has 100 valence electrons. The van der Waals surface area contributed by atoms with E-state index in [0.29, 0.717) is 17.9 Å². The Morgan fingerprint density at radius 3 is 2.67 bits per heavy atom. The molecule has 2 N–H and O–H groups in total. The lowest BCUT2D eigenvalue weighted by Gasteiger charge is -2.14. The van der Waals surface area contributed by atoms with Crippen molar-refractivity contribution in [3.05, 3.63) is 29.8 Å². The van der Waals surface area contributed by atoms with Crippen molar-refractivity contribution in [1.29, 1.82) is 0 Å². The molecule has 3 heteroatoms. The number of ether oxygens (including phenoxy) is 1. The molecule has 0 saturated carbocycles. The van der Waals surface area contributed by atoms with Crippen LogP contribution >= 0.6 is 0 Å². The van der Waals surface area contributed by atoms with Crippen molar-refractivity contribution in [2.75, 3.05) is 6.61 Å². The molecule has 1 aromatic rings. The van der Waals surface area contributed by atoms with Gasteiger partial charge in [0.25, 0.3) is 0 Å². The van der Waals surface area contributed by atoms with Crippen molar-refractivity contribution in [3.8, 4) is 5.75 Å². The van der Waals surface area contributed by atoms with Crippen molar-refractivity contribution in [2.45, 2.75) is 45.6 Å². The molecule has 0 spiro atoms. The third-order valence-electron chi connectivity index (χ3n) is 2.82.